The van der Waals surface area contributed by atoms with Gasteiger partial charge in [-0.05, 0) is 13.3 Å². The van der Waals surface area contributed by atoms with Crippen LogP contribution in [0.15, 0.2) is 12.5 Å². The van der Waals surface area contributed by atoms with E-state index in [-0.39, 0.29) is 17.9 Å². The molecular formula is C13H18N6O2. The molecule has 2 aromatic rings. The molecule has 3 heterocycles. The lowest BCUT2D eigenvalue weighted by molar-refractivity contribution is 0.0549. The summed E-state index contributed by atoms with van der Waals surface area (Å²) < 4.78 is 5.75. The van der Waals surface area contributed by atoms with Crippen LogP contribution in [-0.4, -0.2) is 62.5 Å². The number of carbonyl (C=O) groups is 1. The van der Waals surface area contributed by atoms with Crippen molar-refractivity contribution in [3.8, 4) is 0 Å². The lowest BCUT2D eigenvalue weighted by Gasteiger charge is -2.23. The summed E-state index contributed by atoms with van der Waals surface area (Å²) in [5.41, 5.74) is 1.36. The molecule has 8 nitrogen and oxygen atoms in total. The molecule has 0 radical (unpaired) electrons. The number of nitrogens with zero attached hydrogens (tertiary/aromatic N) is 4. The van der Waals surface area contributed by atoms with Crippen molar-refractivity contribution in [3.05, 3.63) is 29.6 Å². The minimum Gasteiger partial charge on any atom is -0.376 e. The van der Waals surface area contributed by atoms with Crippen molar-refractivity contribution in [1.29, 1.82) is 0 Å². The van der Waals surface area contributed by atoms with Gasteiger partial charge in [-0.15, -0.1) is 0 Å². The third-order valence-electron chi connectivity index (χ3n) is 3.86. The summed E-state index contributed by atoms with van der Waals surface area (Å²) in [6.45, 7) is 3.01. The molecule has 21 heavy (non-hydrogen) atoms. The van der Waals surface area contributed by atoms with Crippen molar-refractivity contribution >= 4 is 5.91 Å². The minimum atomic E-state index is -0.0703. The second-order valence-electron chi connectivity index (χ2n) is 5.27. The predicted molar refractivity (Wildman–Crippen MR) is 73.8 cm³/mol. The fraction of sp³-hybridized carbons (Fsp3) is 0.538. The van der Waals surface area contributed by atoms with Crippen LogP contribution in [-0.2, 0) is 4.74 Å². The van der Waals surface area contributed by atoms with Gasteiger partial charge in [0.2, 0.25) is 0 Å². The maximum atomic E-state index is 12.4. The second-order valence-corrected chi connectivity index (χ2v) is 5.27. The summed E-state index contributed by atoms with van der Waals surface area (Å²) >= 11 is 0. The molecule has 3 rings (SSSR count). The fourth-order valence-electron chi connectivity index (χ4n) is 2.66. The van der Waals surface area contributed by atoms with Crippen LogP contribution in [0.2, 0.25) is 0 Å². The molecule has 0 aromatic carbocycles. The van der Waals surface area contributed by atoms with Crippen molar-refractivity contribution in [1.82, 2.24) is 30.3 Å². The second kappa shape index (κ2) is 5.65. The molecule has 0 aliphatic carbocycles. The Bertz CT molecular complexity index is 608. The molecule has 2 atom stereocenters. The molecule has 0 unspecified atom stereocenters. The summed E-state index contributed by atoms with van der Waals surface area (Å²) in [4.78, 5) is 18.2. The standard InChI is InChI=1S/C13H18N6O2/c1-8-10(5-15-17-8)13(20)19(2)6-11-9(3-4-21-11)12-14-7-16-18-12/h5,7,9,11H,3-4,6H2,1-2H3,(H,15,17)(H,14,16,18)/t9-,11-/m1/s1. The number of hydrogen-bond donors (Lipinski definition) is 2. The summed E-state index contributed by atoms with van der Waals surface area (Å²) in [7, 11) is 1.77. The van der Waals surface area contributed by atoms with Gasteiger partial charge in [0.25, 0.3) is 5.91 Å². The number of hydrogen-bond acceptors (Lipinski definition) is 5. The van der Waals surface area contributed by atoms with Gasteiger partial charge in [-0.1, -0.05) is 0 Å². The number of H-pyrrole nitrogens is 2. The average molecular weight is 290 g/mol. The lowest BCUT2D eigenvalue weighted by atomic mass is 10.0. The van der Waals surface area contributed by atoms with Gasteiger partial charge < -0.3 is 9.64 Å². The van der Waals surface area contributed by atoms with Crippen LogP contribution in [0.1, 0.15) is 34.2 Å². The number of ether oxygens (including phenoxy) is 1. The zero-order valence-corrected chi connectivity index (χ0v) is 12.0. The van der Waals surface area contributed by atoms with Gasteiger partial charge in [-0.2, -0.15) is 10.2 Å². The van der Waals surface area contributed by atoms with Gasteiger partial charge in [-0.25, -0.2) is 4.98 Å². The van der Waals surface area contributed by atoms with Crippen molar-refractivity contribution < 1.29 is 9.53 Å². The van der Waals surface area contributed by atoms with Crippen LogP contribution in [0.5, 0.6) is 0 Å². The smallest absolute Gasteiger partial charge is 0.257 e. The third kappa shape index (κ3) is 2.66. The van der Waals surface area contributed by atoms with Crippen molar-refractivity contribution in [3.63, 3.8) is 0 Å². The molecule has 0 saturated carbocycles. The summed E-state index contributed by atoms with van der Waals surface area (Å²) in [6, 6.07) is 0. The molecule has 1 saturated heterocycles. The molecule has 1 aliphatic rings. The molecule has 0 spiro atoms. The zero-order valence-electron chi connectivity index (χ0n) is 12.0. The van der Waals surface area contributed by atoms with Gasteiger partial charge in [-0.3, -0.25) is 15.0 Å². The van der Waals surface area contributed by atoms with Crippen molar-refractivity contribution in [2.24, 2.45) is 0 Å². The molecule has 2 aromatic heterocycles. The van der Waals surface area contributed by atoms with Crippen LogP contribution in [0.4, 0.5) is 0 Å². The first-order valence-corrected chi connectivity index (χ1v) is 6.89. The van der Waals surface area contributed by atoms with E-state index in [2.05, 4.69) is 25.4 Å². The van der Waals surface area contributed by atoms with Crippen LogP contribution in [0.25, 0.3) is 0 Å². The highest BCUT2D eigenvalue weighted by atomic mass is 16.5. The van der Waals surface area contributed by atoms with Gasteiger partial charge >= 0.3 is 0 Å². The van der Waals surface area contributed by atoms with Crippen LogP contribution in [0, 0.1) is 6.92 Å². The average Bonchev–Trinajstić information content (AvgIpc) is 3.17. The maximum absolute atomic E-state index is 12.4. The summed E-state index contributed by atoms with van der Waals surface area (Å²) in [6.07, 6.45) is 3.86. The highest BCUT2D eigenvalue weighted by Crippen LogP contribution is 2.29. The van der Waals surface area contributed by atoms with Crippen LogP contribution < -0.4 is 0 Å². The van der Waals surface area contributed by atoms with Crippen molar-refractivity contribution in [2.45, 2.75) is 25.4 Å². The monoisotopic (exact) mass is 290 g/mol. The van der Waals surface area contributed by atoms with E-state index in [0.717, 1.165) is 17.9 Å². The number of aryl methyl sites for hydroxylation is 1. The molecule has 0 bridgehead atoms. The summed E-state index contributed by atoms with van der Waals surface area (Å²) in [5, 5.41) is 13.4. The summed E-state index contributed by atoms with van der Waals surface area (Å²) in [5.74, 6) is 0.902. The van der Waals surface area contributed by atoms with E-state index in [1.54, 1.807) is 18.1 Å². The lowest BCUT2D eigenvalue weighted by Crippen LogP contribution is -2.36. The molecule has 1 fully saturated rings. The Hall–Kier alpha value is -2.22. The number of likely N-dealkylation sites (N-methyl/N-ethyl adjacent to an activating group) is 1. The Morgan fingerprint density at radius 3 is 3.00 bits per heavy atom. The number of rotatable bonds is 4. The highest BCUT2D eigenvalue weighted by molar-refractivity contribution is 5.94. The van der Waals surface area contributed by atoms with Crippen molar-refractivity contribution in [2.75, 3.05) is 20.2 Å². The Labute approximate surface area is 121 Å². The minimum absolute atomic E-state index is 0.0620. The predicted octanol–water partition coefficient (Wildman–Crippen LogP) is 0.481. The van der Waals surface area contributed by atoms with Crippen LogP contribution in [0.3, 0.4) is 0 Å². The Morgan fingerprint density at radius 2 is 2.33 bits per heavy atom. The van der Waals surface area contributed by atoms with E-state index in [9.17, 15) is 4.79 Å². The first-order valence-electron chi connectivity index (χ1n) is 6.89. The fourth-order valence-corrected chi connectivity index (χ4v) is 2.66. The number of carbonyl (C=O) groups excluding carboxylic acids is 1. The van der Waals surface area contributed by atoms with E-state index < -0.39 is 0 Å². The maximum Gasteiger partial charge on any atom is 0.257 e. The first-order chi connectivity index (χ1) is 10.2. The van der Waals surface area contributed by atoms with Crippen LogP contribution >= 0.6 is 0 Å². The van der Waals surface area contributed by atoms with E-state index in [1.807, 2.05) is 6.92 Å². The SMILES string of the molecule is Cc1[nH]ncc1C(=O)N(C)C[C@H]1OCC[C@H]1c1ncn[nH]1. The molecule has 2 N–H and O–H groups in total. The first kappa shape index (κ1) is 13.7. The van der Waals surface area contributed by atoms with E-state index in [0.29, 0.717) is 18.7 Å². The topological polar surface area (TPSA) is 99.8 Å². The highest BCUT2D eigenvalue weighted by Gasteiger charge is 2.33. The molecular weight excluding hydrogens is 272 g/mol. The normalized spacial score (nSPS) is 21.6. The van der Waals surface area contributed by atoms with Gasteiger partial charge in [0, 0.05) is 31.8 Å². The number of aromatic nitrogens is 5. The van der Waals surface area contributed by atoms with Gasteiger partial charge in [0.15, 0.2) is 0 Å². The quantitative estimate of drug-likeness (QED) is 0.853. The molecule has 1 amide bonds. The largest absolute Gasteiger partial charge is 0.376 e. The Kier molecular flexibility index (Phi) is 3.70. The van der Waals surface area contributed by atoms with Gasteiger partial charge in [0.1, 0.15) is 12.2 Å². The third-order valence-corrected chi connectivity index (χ3v) is 3.86. The molecule has 1 aliphatic heterocycles. The van der Waals surface area contributed by atoms with E-state index >= 15 is 0 Å². The van der Waals surface area contributed by atoms with E-state index in [4.69, 9.17) is 4.74 Å². The van der Waals surface area contributed by atoms with E-state index in [1.165, 1.54) is 6.33 Å². The number of aromatic amines is 2. The number of nitrogens with one attached hydrogen (secondary N) is 2. The van der Waals surface area contributed by atoms with Gasteiger partial charge in [0.05, 0.1) is 17.9 Å². The number of amides is 1. The zero-order chi connectivity index (χ0) is 14.8. The Balaban J connectivity index is 1.68. The Morgan fingerprint density at radius 1 is 1.48 bits per heavy atom. The molecule has 8 heteroatoms. The molecule has 112 valence electrons.